The molecule has 2 aliphatic rings. The smallest absolute Gasteiger partial charge is 0.236 e. The summed E-state index contributed by atoms with van der Waals surface area (Å²) in [5.41, 5.74) is 0. The quantitative estimate of drug-likeness (QED) is 0.785. The normalized spacial score (nSPS) is 27.1. The van der Waals surface area contributed by atoms with Crippen molar-refractivity contribution >= 4 is 17.7 Å². The Labute approximate surface area is 96.0 Å². The summed E-state index contributed by atoms with van der Waals surface area (Å²) in [4.78, 5) is 14.3. The summed E-state index contributed by atoms with van der Waals surface area (Å²) in [5.74, 6) is 1.55. The first kappa shape index (κ1) is 11.3. The zero-order valence-corrected chi connectivity index (χ0v) is 10.2. The third-order valence-corrected chi connectivity index (χ3v) is 4.64. The van der Waals surface area contributed by atoms with E-state index >= 15 is 0 Å². The number of rotatable bonds is 3. The topological polar surface area (TPSA) is 32.3 Å². The number of carbonyl (C=O) groups is 1. The highest BCUT2D eigenvalue weighted by molar-refractivity contribution is 8.00. The summed E-state index contributed by atoms with van der Waals surface area (Å²) in [6, 6.07) is 0.463. The molecule has 0 spiro atoms. The fourth-order valence-corrected chi connectivity index (χ4v) is 3.47. The van der Waals surface area contributed by atoms with Crippen LogP contribution < -0.4 is 5.32 Å². The minimum atomic E-state index is 0.249. The molecular weight excluding hydrogens is 208 g/mol. The van der Waals surface area contributed by atoms with Crippen molar-refractivity contribution < 1.29 is 4.79 Å². The molecule has 0 aliphatic carbocycles. The lowest BCUT2D eigenvalue weighted by atomic mass is 10.1. The van der Waals surface area contributed by atoms with Crippen LogP contribution in [0.25, 0.3) is 0 Å². The van der Waals surface area contributed by atoms with E-state index < -0.39 is 0 Å². The summed E-state index contributed by atoms with van der Waals surface area (Å²) >= 11 is 1.86. The van der Waals surface area contributed by atoms with Crippen molar-refractivity contribution in [3.63, 3.8) is 0 Å². The maximum atomic E-state index is 12.2. The van der Waals surface area contributed by atoms with E-state index in [0.717, 1.165) is 31.8 Å². The summed E-state index contributed by atoms with van der Waals surface area (Å²) in [6.07, 6.45) is 3.59. The Hall–Kier alpha value is -0.220. The third kappa shape index (κ3) is 2.48. The van der Waals surface area contributed by atoms with Crippen molar-refractivity contribution in [1.29, 1.82) is 0 Å². The molecule has 0 aromatic carbocycles. The molecule has 2 saturated heterocycles. The molecule has 0 aromatic heterocycles. The van der Waals surface area contributed by atoms with Crippen molar-refractivity contribution in [1.82, 2.24) is 10.2 Å². The second-order valence-corrected chi connectivity index (χ2v) is 5.60. The van der Waals surface area contributed by atoms with Crippen LogP contribution in [-0.4, -0.2) is 47.5 Å². The molecule has 1 unspecified atom stereocenters. The molecule has 2 fully saturated rings. The van der Waals surface area contributed by atoms with Gasteiger partial charge in [0.15, 0.2) is 0 Å². The molecule has 3 nitrogen and oxygen atoms in total. The molecule has 0 saturated carbocycles. The van der Waals surface area contributed by atoms with Gasteiger partial charge in [-0.05, 0) is 25.5 Å². The van der Waals surface area contributed by atoms with Crippen LogP contribution in [0, 0.1) is 0 Å². The summed E-state index contributed by atoms with van der Waals surface area (Å²) in [6.45, 7) is 4.92. The number of nitrogens with zero attached hydrogens (tertiary/aromatic N) is 1. The van der Waals surface area contributed by atoms with Crippen LogP contribution >= 0.6 is 11.8 Å². The first-order valence-electron chi connectivity index (χ1n) is 5.95. The third-order valence-electron chi connectivity index (χ3n) is 3.28. The van der Waals surface area contributed by atoms with Crippen LogP contribution in [0.2, 0.25) is 0 Å². The number of amides is 1. The lowest BCUT2D eigenvalue weighted by Crippen LogP contribution is -2.60. The zero-order chi connectivity index (χ0) is 10.7. The number of carbonyl (C=O) groups excluding carboxylic acids is 1. The Kier molecular flexibility index (Phi) is 3.92. The van der Waals surface area contributed by atoms with E-state index in [1.54, 1.807) is 0 Å². The van der Waals surface area contributed by atoms with Crippen molar-refractivity contribution in [3.05, 3.63) is 0 Å². The molecule has 15 heavy (non-hydrogen) atoms. The van der Waals surface area contributed by atoms with Crippen molar-refractivity contribution in [3.8, 4) is 0 Å². The highest BCUT2D eigenvalue weighted by Crippen LogP contribution is 2.27. The Morgan fingerprint density at radius 3 is 2.73 bits per heavy atom. The molecule has 2 rings (SSSR count). The fraction of sp³-hybridized carbons (Fsp3) is 0.909. The van der Waals surface area contributed by atoms with Gasteiger partial charge < -0.3 is 10.2 Å². The van der Waals surface area contributed by atoms with E-state index in [0.29, 0.717) is 11.9 Å². The van der Waals surface area contributed by atoms with Crippen molar-refractivity contribution in [2.45, 2.75) is 37.5 Å². The Bertz CT molecular complexity index is 225. The molecule has 0 aromatic rings. The Morgan fingerprint density at radius 1 is 1.47 bits per heavy atom. The molecule has 1 N–H and O–H groups in total. The SMILES string of the molecule is CCN(C(=O)C1CCCCS1)C1CNC1. The molecule has 1 amide bonds. The lowest BCUT2D eigenvalue weighted by molar-refractivity contribution is -0.133. The van der Waals surface area contributed by atoms with Crippen molar-refractivity contribution in [2.24, 2.45) is 0 Å². The molecule has 1 atom stereocenters. The Morgan fingerprint density at radius 2 is 2.27 bits per heavy atom. The predicted octanol–water partition coefficient (Wildman–Crippen LogP) is 1.09. The lowest BCUT2D eigenvalue weighted by Gasteiger charge is -2.39. The van der Waals surface area contributed by atoms with Gasteiger partial charge in [-0.1, -0.05) is 6.42 Å². The minimum Gasteiger partial charge on any atom is -0.336 e. The van der Waals surface area contributed by atoms with Gasteiger partial charge in [-0.15, -0.1) is 11.8 Å². The molecule has 2 heterocycles. The molecule has 86 valence electrons. The maximum Gasteiger partial charge on any atom is 0.236 e. The molecule has 0 radical (unpaired) electrons. The van der Waals surface area contributed by atoms with Gasteiger partial charge >= 0.3 is 0 Å². The average Bonchev–Trinajstić information content (AvgIpc) is 2.23. The van der Waals surface area contributed by atoms with E-state index in [2.05, 4.69) is 17.1 Å². The van der Waals surface area contributed by atoms with Crippen LogP contribution in [0.4, 0.5) is 0 Å². The van der Waals surface area contributed by atoms with Gasteiger partial charge in [0.2, 0.25) is 5.91 Å². The molecule has 2 aliphatic heterocycles. The molecule has 0 bridgehead atoms. The van der Waals surface area contributed by atoms with Crippen LogP contribution in [-0.2, 0) is 4.79 Å². The maximum absolute atomic E-state index is 12.2. The van der Waals surface area contributed by atoms with Gasteiger partial charge in [0, 0.05) is 19.6 Å². The highest BCUT2D eigenvalue weighted by Gasteiger charge is 2.32. The molecule has 4 heteroatoms. The average molecular weight is 228 g/mol. The standard InChI is InChI=1S/C11H20N2OS/c1-2-13(9-7-12-8-9)11(14)10-5-3-4-6-15-10/h9-10,12H,2-8H2,1H3. The van der Waals surface area contributed by atoms with Crippen LogP contribution in [0.15, 0.2) is 0 Å². The van der Waals surface area contributed by atoms with Crippen molar-refractivity contribution in [2.75, 3.05) is 25.4 Å². The van der Waals surface area contributed by atoms with Gasteiger partial charge in [-0.2, -0.15) is 0 Å². The zero-order valence-electron chi connectivity index (χ0n) is 9.37. The first-order chi connectivity index (χ1) is 7.33. The van der Waals surface area contributed by atoms with Crippen LogP contribution in [0.1, 0.15) is 26.2 Å². The Balaban J connectivity index is 1.90. The largest absolute Gasteiger partial charge is 0.336 e. The van der Waals surface area contributed by atoms with Gasteiger partial charge in [0.05, 0.1) is 11.3 Å². The molecular formula is C11H20N2OS. The van der Waals surface area contributed by atoms with E-state index in [4.69, 9.17) is 0 Å². The fourth-order valence-electron chi connectivity index (χ4n) is 2.21. The second-order valence-electron chi connectivity index (χ2n) is 4.29. The highest BCUT2D eigenvalue weighted by atomic mass is 32.2. The van der Waals surface area contributed by atoms with Crippen LogP contribution in [0.5, 0.6) is 0 Å². The number of hydrogen-bond acceptors (Lipinski definition) is 3. The van der Waals surface area contributed by atoms with E-state index in [-0.39, 0.29) is 5.25 Å². The van der Waals surface area contributed by atoms with E-state index in [1.807, 2.05) is 11.8 Å². The number of nitrogens with one attached hydrogen (secondary N) is 1. The number of thioether (sulfide) groups is 1. The summed E-state index contributed by atoms with van der Waals surface area (Å²) < 4.78 is 0. The van der Waals surface area contributed by atoms with E-state index in [1.165, 1.54) is 12.8 Å². The van der Waals surface area contributed by atoms with Gasteiger partial charge in [0.1, 0.15) is 0 Å². The first-order valence-corrected chi connectivity index (χ1v) is 7.00. The number of hydrogen-bond donors (Lipinski definition) is 1. The monoisotopic (exact) mass is 228 g/mol. The predicted molar refractivity (Wildman–Crippen MR) is 64.1 cm³/mol. The van der Waals surface area contributed by atoms with Gasteiger partial charge in [-0.25, -0.2) is 0 Å². The minimum absolute atomic E-state index is 0.249. The summed E-state index contributed by atoms with van der Waals surface area (Å²) in [7, 11) is 0. The second kappa shape index (κ2) is 5.21. The van der Waals surface area contributed by atoms with E-state index in [9.17, 15) is 4.79 Å². The van der Waals surface area contributed by atoms with Gasteiger partial charge in [-0.3, -0.25) is 4.79 Å². The van der Waals surface area contributed by atoms with Gasteiger partial charge in [0.25, 0.3) is 0 Å². The van der Waals surface area contributed by atoms with Crippen LogP contribution in [0.3, 0.4) is 0 Å². The summed E-state index contributed by atoms with van der Waals surface area (Å²) in [5, 5.41) is 3.48. The number of likely N-dealkylation sites (N-methyl/N-ethyl adjacent to an activating group) is 1.